The van der Waals surface area contributed by atoms with E-state index in [2.05, 4.69) is 0 Å². The van der Waals surface area contributed by atoms with Gasteiger partial charge in [0.2, 0.25) is 0 Å². The fourth-order valence-electron chi connectivity index (χ4n) is 1.37. The lowest BCUT2D eigenvalue weighted by Crippen LogP contribution is -1.96. The van der Waals surface area contributed by atoms with Crippen LogP contribution in [0.4, 0.5) is 10.1 Å². The maximum Gasteiger partial charge on any atom is 0.138 e. The molecule has 4 heteroatoms. The van der Waals surface area contributed by atoms with Gasteiger partial charge in [-0.1, -0.05) is 23.7 Å². The minimum Gasteiger partial charge on any atom is -0.487 e. The van der Waals surface area contributed by atoms with E-state index in [4.69, 9.17) is 22.1 Å². The number of anilines is 1. The van der Waals surface area contributed by atoms with E-state index in [9.17, 15) is 4.39 Å². The van der Waals surface area contributed by atoms with Crippen LogP contribution in [0.15, 0.2) is 42.5 Å². The topological polar surface area (TPSA) is 35.2 Å². The van der Waals surface area contributed by atoms with Crippen LogP contribution in [0.1, 0.15) is 5.56 Å². The molecule has 0 atom stereocenters. The molecule has 2 N–H and O–H groups in total. The molecule has 2 rings (SSSR count). The molecule has 2 aromatic carbocycles. The number of halogens is 2. The van der Waals surface area contributed by atoms with Crippen LogP contribution < -0.4 is 10.5 Å². The Labute approximate surface area is 104 Å². The summed E-state index contributed by atoms with van der Waals surface area (Å²) < 4.78 is 18.3. The van der Waals surface area contributed by atoms with E-state index in [1.54, 1.807) is 12.1 Å². The molecule has 0 spiro atoms. The Bertz CT molecular complexity index is 513. The van der Waals surface area contributed by atoms with Crippen LogP contribution in [0, 0.1) is 5.82 Å². The van der Waals surface area contributed by atoms with Crippen molar-refractivity contribution in [1.29, 1.82) is 0 Å². The first kappa shape index (κ1) is 11.7. The van der Waals surface area contributed by atoms with E-state index in [-0.39, 0.29) is 10.8 Å². The number of hydrogen-bond acceptors (Lipinski definition) is 2. The quantitative estimate of drug-likeness (QED) is 0.846. The summed E-state index contributed by atoms with van der Waals surface area (Å²) in [5, 5.41) is 0.264. The van der Waals surface area contributed by atoms with Gasteiger partial charge in [0.15, 0.2) is 0 Å². The van der Waals surface area contributed by atoms with Gasteiger partial charge in [-0.05, 0) is 35.9 Å². The molecule has 0 saturated carbocycles. The largest absolute Gasteiger partial charge is 0.487 e. The first-order chi connectivity index (χ1) is 8.15. The Morgan fingerprint density at radius 2 is 1.82 bits per heavy atom. The van der Waals surface area contributed by atoms with Crippen molar-refractivity contribution in [2.75, 3.05) is 5.73 Å². The van der Waals surface area contributed by atoms with E-state index in [1.807, 2.05) is 12.1 Å². The predicted octanol–water partition coefficient (Wildman–Crippen LogP) is 3.64. The molecule has 0 fully saturated rings. The second-order valence-corrected chi connectivity index (χ2v) is 4.01. The van der Waals surface area contributed by atoms with Gasteiger partial charge in [0, 0.05) is 5.69 Å². The summed E-state index contributed by atoms with van der Waals surface area (Å²) in [5.74, 6) is 0.0831. The average Bonchev–Trinajstić information content (AvgIpc) is 2.30. The van der Waals surface area contributed by atoms with E-state index < -0.39 is 0 Å². The van der Waals surface area contributed by atoms with Crippen LogP contribution in [0.3, 0.4) is 0 Å². The average molecular weight is 252 g/mol. The highest BCUT2D eigenvalue weighted by Crippen LogP contribution is 2.25. The summed E-state index contributed by atoms with van der Waals surface area (Å²) in [6, 6.07) is 11.4. The molecule has 0 radical (unpaired) electrons. The molecule has 0 bridgehead atoms. The van der Waals surface area contributed by atoms with Crippen LogP contribution >= 0.6 is 11.6 Å². The zero-order valence-corrected chi connectivity index (χ0v) is 9.75. The third-order valence-electron chi connectivity index (χ3n) is 2.27. The molecule has 0 heterocycles. The van der Waals surface area contributed by atoms with Crippen molar-refractivity contribution in [3.63, 3.8) is 0 Å². The van der Waals surface area contributed by atoms with Gasteiger partial charge in [0.25, 0.3) is 0 Å². The summed E-state index contributed by atoms with van der Waals surface area (Å²) in [7, 11) is 0. The lowest BCUT2D eigenvalue weighted by molar-refractivity contribution is 0.306. The lowest BCUT2D eigenvalue weighted by Gasteiger charge is -2.08. The molecule has 88 valence electrons. The molecule has 0 aliphatic carbocycles. The number of benzene rings is 2. The van der Waals surface area contributed by atoms with Crippen molar-refractivity contribution in [2.45, 2.75) is 6.61 Å². The van der Waals surface area contributed by atoms with Crippen LogP contribution in [0.5, 0.6) is 5.75 Å². The minimum atomic E-state index is -0.380. The predicted molar refractivity (Wildman–Crippen MR) is 66.6 cm³/mol. The Morgan fingerprint density at radius 3 is 2.47 bits per heavy atom. The molecular weight excluding hydrogens is 241 g/mol. The summed E-state index contributed by atoms with van der Waals surface area (Å²) in [5.41, 5.74) is 7.25. The Hall–Kier alpha value is -1.74. The highest BCUT2D eigenvalue weighted by molar-refractivity contribution is 6.32. The van der Waals surface area contributed by atoms with Crippen molar-refractivity contribution in [3.05, 3.63) is 58.9 Å². The van der Waals surface area contributed by atoms with Gasteiger partial charge < -0.3 is 10.5 Å². The van der Waals surface area contributed by atoms with Gasteiger partial charge >= 0.3 is 0 Å². The molecule has 0 aromatic heterocycles. The summed E-state index contributed by atoms with van der Waals surface area (Å²) in [6.45, 7) is 0.367. The van der Waals surface area contributed by atoms with Gasteiger partial charge in [-0.25, -0.2) is 4.39 Å². The highest BCUT2D eigenvalue weighted by Gasteiger charge is 2.03. The Balaban J connectivity index is 2.04. The smallest absolute Gasteiger partial charge is 0.138 e. The Kier molecular flexibility index (Phi) is 3.49. The molecular formula is C13H11ClFNO. The van der Waals surface area contributed by atoms with E-state index in [0.717, 1.165) is 5.56 Å². The maximum absolute atomic E-state index is 12.8. The van der Waals surface area contributed by atoms with Gasteiger partial charge in [-0.15, -0.1) is 0 Å². The van der Waals surface area contributed by atoms with Crippen molar-refractivity contribution in [2.24, 2.45) is 0 Å². The third-order valence-corrected chi connectivity index (χ3v) is 2.56. The van der Waals surface area contributed by atoms with Crippen molar-refractivity contribution < 1.29 is 9.13 Å². The first-order valence-electron chi connectivity index (χ1n) is 5.07. The summed E-state index contributed by atoms with van der Waals surface area (Å²) >= 11 is 5.84. The number of hydrogen-bond donors (Lipinski definition) is 1. The number of nitrogens with two attached hydrogens (primary N) is 1. The monoisotopic (exact) mass is 251 g/mol. The normalized spacial score (nSPS) is 10.2. The van der Waals surface area contributed by atoms with Crippen LogP contribution in [0.2, 0.25) is 5.02 Å². The zero-order chi connectivity index (χ0) is 12.3. The third kappa shape index (κ3) is 3.11. The number of nitrogen functional groups attached to an aromatic ring is 1. The fourth-order valence-corrected chi connectivity index (χ4v) is 1.59. The van der Waals surface area contributed by atoms with Crippen LogP contribution in [-0.2, 0) is 6.61 Å². The molecule has 0 aliphatic heterocycles. The molecule has 2 aromatic rings. The molecule has 0 unspecified atom stereocenters. The van der Waals surface area contributed by atoms with Gasteiger partial charge in [0.1, 0.15) is 18.2 Å². The lowest BCUT2D eigenvalue weighted by atomic mass is 10.2. The Morgan fingerprint density at radius 1 is 1.12 bits per heavy atom. The number of rotatable bonds is 3. The highest BCUT2D eigenvalue weighted by atomic mass is 35.5. The van der Waals surface area contributed by atoms with Crippen molar-refractivity contribution >= 4 is 17.3 Å². The van der Waals surface area contributed by atoms with Gasteiger partial charge in [-0.3, -0.25) is 0 Å². The number of ether oxygens (including phenoxy) is 1. The second kappa shape index (κ2) is 5.06. The summed E-state index contributed by atoms with van der Waals surface area (Å²) in [4.78, 5) is 0. The SMILES string of the molecule is Nc1ccc(COc2ccc(F)cc2Cl)cc1. The molecule has 17 heavy (non-hydrogen) atoms. The molecule has 2 nitrogen and oxygen atoms in total. The zero-order valence-electron chi connectivity index (χ0n) is 8.99. The first-order valence-corrected chi connectivity index (χ1v) is 5.45. The van der Waals surface area contributed by atoms with Crippen molar-refractivity contribution in [1.82, 2.24) is 0 Å². The van der Waals surface area contributed by atoms with Crippen LogP contribution in [-0.4, -0.2) is 0 Å². The minimum absolute atomic E-state index is 0.264. The van der Waals surface area contributed by atoms with Crippen LogP contribution in [0.25, 0.3) is 0 Å². The van der Waals surface area contributed by atoms with Gasteiger partial charge in [0.05, 0.1) is 5.02 Å². The maximum atomic E-state index is 12.8. The summed E-state index contributed by atoms with van der Waals surface area (Å²) in [6.07, 6.45) is 0. The van der Waals surface area contributed by atoms with E-state index in [1.165, 1.54) is 18.2 Å². The standard InChI is InChI=1S/C13H11ClFNO/c14-12-7-10(15)3-6-13(12)17-8-9-1-4-11(16)5-2-9/h1-7H,8,16H2. The second-order valence-electron chi connectivity index (χ2n) is 3.61. The molecule has 0 saturated heterocycles. The van der Waals surface area contributed by atoms with E-state index >= 15 is 0 Å². The van der Waals surface area contributed by atoms with Gasteiger partial charge in [-0.2, -0.15) is 0 Å². The van der Waals surface area contributed by atoms with E-state index in [0.29, 0.717) is 18.0 Å². The molecule has 0 amide bonds. The molecule has 0 aliphatic rings. The fraction of sp³-hybridized carbons (Fsp3) is 0.0769. The van der Waals surface area contributed by atoms with Crippen molar-refractivity contribution in [3.8, 4) is 5.75 Å².